The van der Waals surface area contributed by atoms with Crippen LogP contribution in [0.3, 0.4) is 0 Å². The van der Waals surface area contributed by atoms with Gasteiger partial charge in [0.2, 0.25) is 0 Å². The van der Waals surface area contributed by atoms with E-state index in [0.29, 0.717) is 0 Å². The standard InChI is InChI=1S/C17H36N2/c1-3-4-5-6-7-8-9-11-14-19-15-12-10-13-17(19)16-18-2/h17-18H,3-16H2,1-2H3. The van der Waals surface area contributed by atoms with Gasteiger partial charge in [-0.2, -0.15) is 0 Å². The first kappa shape index (κ1) is 17.0. The summed E-state index contributed by atoms with van der Waals surface area (Å²) in [5.74, 6) is 0. The summed E-state index contributed by atoms with van der Waals surface area (Å²) in [7, 11) is 2.09. The third-order valence-electron chi connectivity index (χ3n) is 4.49. The van der Waals surface area contributed by atoms with Crippen molar-refractivity contribution in [3.63, 3.8) is 0 Å². The lowest BCUT2D eigenvalue weighted by Crippen LogP contribution is -2.45. The van der Waals surface area contributed by atoms with Gasteiger partial charge in [-0.1, -0.05) is 58.3 Å². The Bertz CT molecular complexity index is 192. The van der Waals surface area contributed by atoms with Crippen molar-refractivity contribution in [2.45, 2.75) is 83.6 Å². The van der Waals surface area contributed by atoms with E-state index in [-0.39, 0.29) is 0 Å². The highest BCUT2D eigenvalue weighted by Crippen LogP contribution is 2.17. The molecule has 0 radical (unpaired) electrons. The molecule has 2 nitrogen and oxygen atoms in total. The van der Waals surface area contributed by atoms with Crippen LogP contribution in [0, 0.1) is 0 Å². The number of likely N-dealkylation sites (tertiary alicyclic amines) is 1. The summed E-state index contributed by atoms with van der Waals surface area (Å²) >= 11 is 0. The van der Waals surface area contributed by atoms with Crippen LogP contribution in [0.1, 0.15) is 77.6 Å². The van der Waals surface area contributed by atoms with Crippen molar-refractivity contribution >= 4 is 0 Å². The van der Waals surface area contributed by atoms with Gasteiger partial charge >= 0.3 is 0 Å². The zero-order valence-electron chi connectivity index (χ0n) is 13.4. The summed E-state index contributed by atoms with van der Waals surface area (Å²) in [6.07, 6.45) is 15.7. The molecule has 1 unspecified atom stereocenters. The van der Waals surface area contributed by atoms with Gasteiger partial charge in [0.15, 0.2) is 0 Å². The molecule has 1 saturated heterocycles. The number of nitrogens with zero attached hydrogens (tertiary/aromatic N) is 1. The molecule has 0 aliphatic carbocycles. The van der Waals surface area contributed by atoms with Crippen LogP contribution in [0.25, 0.3) is 0 Å². The van der Waals surface area contributed by atoms with Gasteiger partial charge < -0.3 is 5.32 Å². The minimum absolute atomic E-state index is 0.809. The highest BCUT2D eigenvalue weighted by atomic mass is 15.2. The van der Waals surface area contributed by atoms with E-state index in [0.717, 1.165) is 6.04 Å². The predicted molar refractivity (Wildman–Crippen MR) is 85.7 cm³/mol. The number of hydrogen-bond acceptors (Lipinski definition) is 2. The molecule has 0 aromatic carbocycles. The third kappa shape index (κ3) is 7.94. The van der Waals surface area contributed by atoms with Crippen molar-refractivity contribution in [3.05, 3.63) is 0 Å². The van der Waals surface area contributed by atoms with E-state index in [4.69, 9.17) is 0 Å². The maximum Gasteiger partial charge on any atom is 0.0220 e. The molecule has 2 heteroatoms. The molecule has 1 aliphatic heterocycles. The van der Waals surface area contributed by atoms with E-state index in [1.165, 1.54) is 90.3 Å². The van der Waals surface area contributed by atoms with Gasteiger partial charge in [0.05, 0.1) is 0 Å². The fourth-order valence-corrected chi connectivity index (χ4v) is 3.27. The van der Waals surface area contributed by atoms with Crippen molar-refractivity contribution in [2.24, 2.45) is 0 Å². The topological polar surface area (TPSA) is 15.3 Å². The molecule has 1 rings (SSSR count). The lowest BCUT2D eigenvalue weighted by Gasteiger charge is -2.35. The molecule has 0 bridgehead atoms. The smallest absolute Gasteiger partial charge is 0.0220 e. The highest BCUT2D eigenvalue weighted by Gasteiger charge is 2.20. The van der Waals surface area contributed by atoms with Crippen LogP contribution in [-0.4, -0.2) is 37.6 Å². The molecule has 0 amide bonds. The third-order valence-corrected chi connectivity index (χ3v) is 4.49. The van der Waals surface area contributed by atoms with Gasteiger partial charge in [-0.15, -0.1) is 0 Å². The van der Waals surface area contributed by atoms with Gasteiger partial charge in [0.25, 0.3) is 0 Å². The van der Waals surface area contributed by atoms with Crippen molar-refractivity contribution < 1.29 is 0 Å². The Morgan fingerprint density at radius 1 is 0.947 bits per heavy atom. The SMILES string of the molecule is CCCCCCCCCCN1CCCCC1CNC. The molecular weight excluding hydrogens is 232 g/mol. The molecule has 1 heterocycles. The number of likely N-dealkylation sites (N-methyl/N-ethyl adjacent to an activating group) is 1. The zero-order chi connectivity index (χ0) is 13.8. The monoisotopic (exact) mass is 268 g/mol. The van der Waals surface area contributed by atoms with Gasteiger partial charge in [0.1, 0.15) is 0 Å². The first-order chi connectivity index (χ1) is 9.38. The largest absolute Gasteiger partial charge is 0.318 e. The molecule has 1 aliphatic rings. The van der Waals surface area contributed by atoms with E-state index in [1.807, 2.05) is 0 Å². The minimum Gasteiger partial charge on any atom is -0.318 e. The molecule has 0 aromatic rings. The number of nitrogens with one attached hydrogen (secondary N) is 1. The average Bonchev–Trinajstić information content (AvgIpc) is 2.44. The average molecular weight is 268 g/mol. The molecule has 1 fully saturated rings. The van der Waals surface area contributed by atoms with E-state index >= 15 is 0 Å². The van der Waals surface area contributed by atoms with Gasteiger partial charge in [-0.05, 0) is 39.4 Å². The Kier molecular flexibility index (Phi) is 10.5. The summed E-state index contributed by atoms with van der Waals surface area (Å²) < 4.78 is 0. The van der Waals surface area contributed by atoms with E-state index < -0.39 is 0 Å². The number of piperidine rings is 1. The summed E-state index contributed by atoms with van der Waals surface area (Å²) in [5, 5.41) is 3.36. The lowest BCUT2D eigenvalue weighted by molar-refractivity contribution is 0.144. The highest BCUT2D eigenvalue weighted by molar-refractivity contribution is 4.78. The molecule has 1 N–H and O–H groups in total. The van der Waals surface area contributed by atoms with Gasteiger partial charge in [-0.25, -0.2) is 0 Å². The van der Waals surface area contributed by atoms with E-state index in [9.17, 15) is 0 Å². The Hall–Kier alpha value is -0.0800. The molecule has 19 heavy (non-hydrogen) atoms. The Labute approximate surface area is 121 Å². The zero-order valence-corrected chi connectivity index (χ0v) is 13.4. The van der Waals surface area contributed by atoms with Crippen LogP contribution in [0.5, 0.6) is 0 Å². The molecule has 0 spiro atoms. The second-order valence-electron chi connectivity index (χ2n) is 6.22. The summed E-state index contributed by atoms with van der Waals surface area (Å²) in [6, 6.07) is 0.809. The number of unbranched alkanes of at least 4 members (excludes halogenated alkanes) is 7. The van der Waals surface area contributed by atoms with Crippen molar-refractivity contribution in [2.75, 3.05) is 26.7 Å². The van der Waals surface area contributed by atoms with Crippen molar-refractivity contribution in [3.8, 4) is 0 Å². The summed E-state index contributed by atoms with van der Waals surface area (Å²) in [6.45, 7) is 6.14. The van der Waals surface area contributed by atoms with Crippen LogP contribution in [-0.2, 0) is 0 Å². The Morgan fingerprint density at radius 3 is 2.32 bits per heavy atom. The number of hydrogen-bond donors (Lipinski definition) is 1. The van der Waals surface area contributed by atoms with E-state index in [2.05, 4.69) is 24.2 Å². The summed E-state index contributed by atoms with van der Waals surface area (Å²) in [5.41, 5.74) is 0. The number of rotatable bonds is 11. The molecular formula is C17H36N2. The molecule has 0 saturated carbocycles. The first-order valence-electron chi connectivity index (χ1n) is 8.77. The molecule has 1 atom stereocenters. The molecule has 0 aromatic heterocycles. The second-order valence-corrected chi connectivity index (χ2v) is 6.22. The summed E-state index contributed by atoms with van der Waals surface area (Å²) in [4.78, 5) is 2.73. The van der Waals surface area contributed by atoms with Crippen LogP contribution in [0.2, 0.25) is 0 Å². The van der Waals surface area contributed by atoms with Crippen LogP contribution < -0.4 is 5.32 Å². The van der Waals surface area contributed by atoms with Crippen molar-refractivity contribution in [1.29, 1.82) is 0 Å². The molecule has 114 valence electrons. The second kappa shape index (κ2) is 11.7. The normalized spacial score (nSPS) is 20.8. The van der Waals surface area contributed by atoms with E-state index in [1.54, 1.807) is 0 Å². The minimum atomic E-state index is 0.809. The van der Waals surface area contributed by atoms with Gasteiger partial charge in [-0.3, -0.25) is 4.90 Å². The maximum atomic E-state index is 3.36. The Morgan fingerprint density at radius 2 is 1.63 bits per heavy atom. The fraction of sp³-hybridized carbons (Fsp3) is 1.00. The van der Waals surface area contributed by atoms with Crippen LogP contribution in [0.15, 0.2) is 0 Å². The van der Waals surface area contributed by atoms with Gasteiger partial charge in [0, 0.05) is 12.6 Å². The Balaban J connectivity index is 1.97. The first-order valence-corrected chi connectivity index (χ1v) is 8.77. The van der Waals surface area contributed by atoms with Crippen LogP contribution in [0.4, 0.5) is 0 Å². The van der Waals surface area contributed by atoms with Crippen LogP contribution >= 0.6 is 0 Å². The maximum absolute atomic E-state index is 3.36. The quantitative estimate of drug-likeness (QED) is 0.565. The lowest BCUT2D eigenvalue weighted by atomic mass is 10.0. The predicted octanol–water partition coefficient (Wildman–Crippen LogP) is 4.20. The fourth-order valence-electron chi connectivity index (χ4n) is 3.27. The van der Waals surface area contributed by atoms with Crippen molar-refractivity contribution in [1.82, 2.24) is 10.2 Å².